The smallest absolute Gasteiger partial charge is 0.0113 e. The predicted molar refractivity (Wildman–Crippen MR) is 82.9 cm³/mol. The molecule has 0 spiro atoms. The van der Waals surface area contributed by atoms with E-state index in [1.54, 1.807) is 0 Å². The molecule has 4 fully saturated rings. The maximum absolute atomic E-state index is 4.06. The van der Waals surface area contributed by atoms with Crippen LogP contribution >= 0.6 is 0 Å². The maximum atomic E-state index is 4.06. The first kappa shape index (κ1) is 13.5. The predicted octanol–water partition coefficient (Wildman–Crippen LogP) is 2.12. The molecule has 3 atom stereocenters. The van der Waals surface area contributed by atoms with E-state index in [0.717, 1.165) is 30.1 Å². The molecule has 2 saturated carbocycles. The largest absolute Gasteiger partial charge is 0.314 e. The van der Waals surface area contributed by atoms with Crippen LogP contribution in [0.2, 0.25) is 0 Å². The molecule has 0 aromatic carbocycles. The fourth-order valence-corrected chi connectivity index (χ4v) is 4.93. The Labute approximate surface area is 123 Å². The summed E-state index contributed by atoms with van der Waals surface area (Å²) in [5, 5.41) is 7.81. The average Bonchev–Trinajstić information content (AvgIpc) is 2.99. The van der Waals surface area contributed by atoms with E-state index in [4.69, 9.17) is 0 Å². The van der Waals surface area contributed by atoms with Gasteiger partial charge in [0.1, 0.15) is 0 Å². The second kappa shape index (κ2) is 5.94. The van der Waals surface area contributed by atoms with E-state index in [2.05, 4.69) is 15.5 Å². The molecular formula is C17H31N3. The highest BCUT2D eigenvalue weighted by atomic mass is 15.2. The summed E-state index contributed by atoms with van der Waals surface area (Å²) in [6.07, 6.45) is 12.8. The first-order valence-corrected chi connectivity index (χ1v) is 9.13. The van der Waals surface area contributed by atoms with Gasteiger partial charge in [0.25, 0.3) is 0 Å². The minimum absolute atomic E-state index is 0.803. The molecule has 0 radical (unpaired) electrons. The lowest BCUT2D eigenvalue weighted by molar-refractivity contribution is 0.174. The van der Waals surface area contributed by atoms with E-state index in [-0.39, 0.29) is 0 Å². The molecule has 114 valence electrons. The van der Waals surface area contributed by atoms with Crippen molar-refractivity contribution in [3.05, 3.63) is 0 Å². The lowest BCUT2D eigenvalue weighted by atomic mass is 9.91. The quantitative estimate of drug-likeness (QED) is 0.824. The lowest BCUT2D eigenvalue weighted by Gasteiger charge is -2.36. The Balaban J connectivity index is 1.27. The van der Waals surface area contributed by atoms with Crippen LogP contribution in [0, 0.1) is 5.92 Å². The van der Waals surface area contributed by atoms with Crippen molar-refractivity contribution >= 4 is 0 Å². The number of hydrogen-bond donors (Lipinski definition) is 2. The van der Waals surface area contributed by atoms with Crippen LogP contribution < -0.4 is 10.6 Å². The third kappa shape index (κ3) is 2.90. The molecule has 0 bridgehead atoms. The van der Waals surface area contributed by atoms with E-state index in [1.807, 2.05) is 0 Å². The van der Waals surface area contributed by atoms with Crippen LogP contribution in [0.4, 0.5) is 0 Å². The van der Waals surface area contributed by atoms with E-state index < -0.39 is 0 Å². The van der Waals surface area contributed by atoms with Crippen molar-refractivity contribution < 1.29 is 0 Å². The third-order valence-corrected chi connectivity index (χ3v) is 6.23. The first-order valence-electron chi connectivity index (χ1n) is 9.13. The molecule has 2 aliphatic heterocycles. The molecule has 0 aromatic rings. The molecular weight excluding hydrogens is 246 g/mol. The minimum Gasteiger partial charge on any atom is -0.314 e. The molecule has 4 rings (SSSR count). The van der Waals surface area contributed by atoms with Crippen LogP contribution in [-0.4, -0.2) is 48.7 Å². The Morgan fingerprint density at radius 2 is 1.70 bits per heavy atom. The van der Waals surface area contributed by atoms with E-state index in [1.165, 1.54) is 77.4 Å². The SMILES string of the molecule is C1CNC(C2CCCC2NC2CCN(C3CC3)CC2)C1. The summed E-state index contributed by atoms with van der Waals surface area (Å²) in [6, 6.07) is 3.40. The van der Waals surface area contributed by atoms with Gasteiger partial charge in [-0.1, -0.05) is 6.42 Å². The highest BCUT2D eigenvalue weighted by Crippen LogP contribution is 2.33. The van der Waals surface area contributed by atoms with Gasteiger partial charge in [0, 0.05) is 24.2 Å². The third-order valence-electron chi connectivity index (χ3n) is 6.23. The standard InChI is InChI=1S/C17H31N3/c1-3-15(16-5-2-10-18-16)17(4-1)19-13-8-11-20(12-9-13)14-6-7-14/h13-19H,1-12H2. The van der Waals surface area contributed by atoms with Crippen molar-refractivity contribution in [1.82, 2.24) is 15.5 Å². The topological polar surface area (TPSA) is 27.3 Å². The minimum atomic E-state index is 0.803. The summed E-state index contributed by atoms with van der Waals surface area (Å²) < 4.78 is 0. The molecule has 2 saturated heterocycles. The van der Waals surface area contributed by atoms with Gasteiger partial charge in [0.15, 0.2) is 0 Å². The van der Waals surface area contributed by atoms with Crippen molar-refractivity contribution in [3.63, 3.8) is 0 Å². The highest BCUT2D eigenvalue weighted by molar-refractivity contribution is 4.96. The second-order valence-corrected chi connectivity index (χ2v) is 7.61. The summed E-state index contributed by atoms with van der Waals surface area (Å²) in [6.45, 7) is 3.95. The second-order valence-electron chi connectivity index (χ2n) is 7.61. The lowest BCUT2D eigenvalue weighted by Crippen LogP contribution is -2.50. The number of likely N-dealkylation sites (tertiary alicyclic amines) is 1. The molecule has 2 N–H and O–H groups in total. The molecule has 20 heavy (non-hydrogen) atoms. The van der Waals surface area contributed by atoms with Crippen molar-refractivity contribution in [2.75, 3.05) is 19.6 Å². The Morgan fingerprint density at radius 1 is 0.850 bits per heavy atom. The summed E-state index contributed by atoms with van der Waals surface area (Å²) in [5.74, 6) is 0.916. The molecule has 2 aliphatic carbocycles. The Morgan fingerprint density at radius 3 is 2.40 bits per heavy atom. The number of nitrogens with zero attached hydrogens (tertiary/aromatic N) is 1. The van der Waals surface area contributed by atoms with Gasteiger partial charge >= 0.3 is 0 Å². The Bertz CT molecular complexity index is 314. The van der Waals surface area contributed by atoms with Crippen LogP contribution in [0.5, 0.6) is 0 Å². The van der Waals surface area contributed by atoms with Gasteiger partial charge in [-0.15, -0.1) is 0 Å². The number of rotatable bonds is 4. The maximum Gasteiger partial charge on any atom is 0.0113 e. The van der Waals surface area contributed by atoms with E-state index in [0.29, 0.717) is 0 Å². The molecule has 3 nitrogen and oxygen atoms in total. The summed E-state index contributed by atoms with van der Waals surface area (Å²) in [4.78, 5) is 2.74. The van der Waals surface area contributed by atoms with E-state index >= 15 is 0 Å². The molecule has 0 amide bonds. The van der Waals surface area contributed by atoms with Crippen molar-refractivity contribution in [1.29, 1.82) is 0 Å². The molecule has 4 aliphatic rings. The summed E-state index contributed by atoms with van der Waals surface area (Å²) >= 11 is 0. The van der Waals surface area contributed by atoms with Crippen LogP contribution in [-0.2, 0) is 0 Å². The molecule has 2 heterocycles. The van der Waals surface area contributed by atoms with Gasteiger partial charge < -0.3 is 15.5 Å². The molecule has 3 heteroatoms. The summed E-state index contributed by atoms with van der Waals surface area (Å²) in [5.41, 5.74) is 0. The first-order chi connectivity index (χ1) is 9.90. The fraction of sp³-hybridized carbons (Fsp3) is 1.00. The van der Waals surface area contributed by atoms with Crippen LogP contribution in [0.25, 0.3) is 0 Å². The van der Waals surface area contributed by atoms with E-state index in [9.17, 15) is 0 Å². The van der Waals surface area contributed by atoms with Gasteiger partial charge in [-0.05, 0) is 76.9 Å². The number of hydrogen-bond acceptors (Lipinski definition) is 3. The number of nitrogens with one attached hydrogen (secondary N) is 2. The zero-order chi connectivity index (χ0) is 13.4. The van der Waals surface area contributed by atoms with Gasteiger partial charge in [0.05, 0.1) is 0 Å². The zero-order valence-electron chi connectivity index (χ0n) is 12.8. The summed E-state index contributed by atoms with van der Waals surface area (Å²) in [7, 11) is 0. The highest BCUT2D eigenvalue weighted by Gasteiger charge is 2.37. The van der Waals surface area contributed by atoms with Crippen molar-refractivity contribution in [2.24, 2.45) is 5.92 Å². The van der Waals surface area contributed by atoms with Gasteiger partial charge in [-0.3, -0.25) is 0 Å². The Kier molecular flexibility index (Phi) is 4.02. The monoisotopic (exact) mass is 277 g/mol. The van der Waals surface area contributed by atoms with Gasteiger partial charge in [-0.25, -0.2) is 0 Å². The normalized spacial score (nSPS) is 40.5. The van der Waals surface area contributed by atoms with Crippen molar-refractivity contribution in [3.8, 4) is 0 Å². The molecule has 3 unspecified atom stereocenters. The van der Waals surface area contributed by atoms with Crippen LogP contribution in [0.3, 0.4) is 0 Å². The zero-order valence-corrected chi connectivity index (χ0v) is 12.8. The van der Waals surface area contributed by atoms with Gasteiger partial charge in [-0.2, -0.15) is 0 Å². The molecule has 0 aromatic heterocycles. The number of piperidine rings is 1. The fourth-order valence-electron chi connectivity index (χ4n) is 4.93. The van der Waals surface area contributed by atoms with Crippen LogP contribution in [0.1, 0.15) is 57.8 Å². The van der Waals surface area contributed by atoms with Crippen LogP contribution in [0.15, 0.2) is 0 Å². The average molecular weight is 277 g/mol. The van der Waals surface area contributed by atoms with Crippen molar-refractivity contribution in [2.45, 2.75) is 82.0 Å². The van der Waals surface area contributed by atoms with Gasteiger partial charge in [0.2, 0.25) is 0 Å². The Hall–Kier alpha value is -0.120.